The lowest BCUT2D eigenvalue weighted by Crippen LogP contribution is -2.46. The van der Waals surface area contributed by atoms with Gasteiger partial charge in [0.15, 0.2) is 5.41 Å². The Morgan fingerprint density at radius 3 is 2.55 bits per heavy atom. The highest BCUT2D eigenvalue weighted by molar-refractivity contribution is 5.78. The Hall–Kier alpha value is -2.75. The number of pyridine rings is 1. The van der Waals surface area contributed by atoms with Gasteiger partial charge in [0.2, 0.25) is 0 Å². The van der Waals surface area contributed by atoms with Crippen LogP contribution in [0.2, 0.25) is 0 Å². The van der Waals surface area contributed by atoms with E-state index in [4.69, 9.17) is 6.42 Å². The molecule has 112 valence electrons. The fourth-order valence-corrected chi connectivity index (χ4v) is 2.67. The van der Waals surface area contributed by atoms with Gasteiger partial charge in [-0.25, -0.2) is 4.39 Å². The molecule has 2 N–H and O–H groups in total. The van der Waals surface area contributed by atoms with Crippen LogP contribution >= 0.6 is 0 Å². The number of aromatic nitrogens is 1. The highest BCUT2D eigenvalue weighted by Gasteiger charge is 2.60. The van der Waals surface area contributed by atoms with Crippen molar-refractivity contribution in [2.75, 3.05) is 5.32 Å². The summed E-state index contributed by atoms with van der Waals surface area (Å²) in [6.45, 7) is 0. The molecule has 2 heterocycles. The maximum Gasteiger partial charge on any atom is 0.413 e. The molecule has 0 saturated heterocycles. The van der Waals surface area contributed by atoms with E-state index in [2.05, 4.69) is 10.3 Å². The predicted molar refractivity (Wildman–Crippen MR) is 72.4 cm³/mol. The summed E-state index contributed by atoms with van der Waals surface area (Å²) in [5.74, 6) is 0.890. The Morgan fingerprint density at radius 1 is 1.18 bits per heavy atom. The summed E-state index contributed by atoms with van der Waals surface area (Å²) in [5.41, 5.74) is -4.85. The van der Waals surface area contributed by atoms with Gasteiger partial charge in [0.25, 0.3) is 5.56 Å². The van der Waals surface area contributed by atoms with Crippen LogP contribution in [-0.4, -0.2) is 11.2 Å². The molecule has 0 amide bonds. The molecule has 2 aromatic rings. The van der Waals surface area contributed by atoms with Crippen molar-refractivity contribution in [2.24, 2.45) is 0 Å². The minimum absolute atomic E-state index is 0.0547. The largest absolute Gasteiger partial charge is 0.413 e. The second-order valence-electron chi connectivity index (χ2n) is 4.80. The number of nitrogens with one attached hydrogen (secondary N) is 2. The molecular formula is C15H8F4N2O. The van der Waals surface area contributed by atoms with E-state index in [1.807, 2.05) is 0 Å². The van der Waals surface area contributed by atoms with Crippen molar-refractivity contribution in [3.05, 3.63) is 57.8 Å². The van der Waals surface area contributed by atoms with Gasteiger partial charge in [-0.05, 0) is 24.3 Å². The number of fused-ring (bicyclic) bond motifs is 2. The number of halogens is 4. The van der Waals surface area contributed by atoms with Gasteiger partial charge in [0, 0.05) is 23.0 Å². The number of aromatic amines is 1. The Kier molecular flexibility index (Phi) is 2.82. The molecule has 0 fully saturated rings. The lowest BCUT2D eigenvalue weighted by molar-refractivity contribution is -0.161. The van der Waals surface area contributed by atoms with Crippen molar-refractivity contribution in [3.63, 3.8) is 0 Å². The molecule has 1 aliphatic heterocycles. The van der Waals surface area contributed by atoms with Crippen molar-refractivity contribution in [2.45, 2.75) is 11.6 Å². The van der Waals surface area contributed by atoms with Crippen LogP contribution in [0, 0.1) is 18.2 Å². The molecule has 0 bridgehead atoms. The van der Waals surface area contributed by atoms with Crippen LogP contribution in [0.5, 0.6) is 0 Å². The molecule has 0 radical (unpaired) electrons. The van der Waals surface area contributed by atoms with Crippen molar-refractivity contribution in [1.29, 1.82) is 0 Å². The number of terminal acetylenes is 1. The van der Waals surface area contributed by atoms with Crippen LogP contribution < -0.4 is 10.9 Å². The van der Waals surface area contributed by atoms with Crippen LogP contribution in [0.1, 0.15) is 11.1 Å². The summed E-state index contributed by atoms with van der Waals surface area (Å²) in [4.78, 5) is 14.1. The molecule has 1 aromatic carbocycles. The third-order valence-electron chi connectivity index (χ3n) is 3.65. The van der Waals surface area contributed by atoms with Gasteiger partial charge in [-0.2, -0.15) is 13.2 Å². The van der Waals surface area contributed by atoms with E-state index in [1.54, 1.807) is 5.92 Å². The van der Waals surface area contributed by atoms with Crippen molar-refractivity contribution < 1.29 is 17.6 Å². The quantitative estimate of drug-likeness (QED) is 0.580. The Bertz CT molecular complexity index is 863. The average Bonchev–Trinajstić information content (AvgIpc) is 2.44. The highest BCUT2D eigenvalue weighted by Crippen LogP contribution is 2.52. The zero-order valence-corrected chi connectivity index (χ0v) is 10.9. The maximum absolute atomic E-state index is 13.8. The molecule has 1 aliphatic rings. The average molecular weight is 308 g/mol. The van der Waals surface area contributed by atoms with Crippen LogP contribution in [0.25, 0.3) is 0 Å². The molecule has 3 rings (SSSR count). The predicted octanol–water partition coefficient (Wildman–Crippen LogP) is 3.05. The van der Waals surface area contributed by atoms with E-state index < -0.39 is 34.1 Å². The minimum Gasteiger partial charge on any atom is -0.350 e. The second kappa shape index (κ2) is 4.37. The number of alkyl halides is 3. The molecule has 1 aromatic heterocycles. The molecule has 1 atom stereocenters. The summed E-state index contributed by atoms with van der Waals surface area (Å²) in [7, 11) is 0. The third kappa shape index (κ3) is 1.67. The lowest BCUT2D eigenvalue weighted by atomic mass is 9.71. The van der Waals surface area contributed by atoms with Crippen LogP contribution in [-0.2, 0) is 5.41 Å². The van der Waals surface area contributed by atoms with Crippen LogP contribution in [0.15, 0.2) is 35.3 Å². The number of benzene rings is 1. The van der Waals surface area contributed by atoms with E-state index in [0.717, 1.165) is 30.5 Å². The van der Waals surface area contributed by atoms with Gasteiger partial charge in [-0.3, -0.25) is 4.79 Å². The SMILES string of the molecule is C#CC1(C(F)(F)F)c2cc(F)ccc2Nc2c1cc[nH]c2=O. The molecule has 0 aliphatic carbocycles. The summed E-state index contributed by atoms with van der Waals surface area (Å²) in [6, 6.07) is 3.92. The monoisotopic (exact) mass is 308 g/mol. The molecule has 3 nitrogen and oxygen atoms in total. The van der Waals surface area contributed by atoms with Gasteiger partial charge in [-0.15, -0.1) is 6.42 Å². The van der Waals surface area contributed by atoms with Crippen molar-refractivity contribution in [1.82, 2.24) is 4.98 Å². The first-order valence-corrected chi connectivity index (χ1v) is 6.15. The number of anilines is 2. The van der Waals surface area contributed by atoms with E-state index in [0.29, 0.717) is 0 Å². The Morgan fingerprint density at radius 2 is 1.91 bits per heavy atom. The van der Waals surface area contributed by atoms with Crippen LogP contribution in [0.3, 0.4) is 0 Å². The normalized spacial score (nSPS) is 19.6. The lowest BCUT2D eigenvalue weighted by Gasteiger charge is -2.38. The molecule has 1 unspecified atom stereocenters. The van der Waals surface area contributed by atoms with E-state index in [1.165, 1.54) is 0 Å². The number of hydrogen-bond acceptors (Lipinski definition) is 2. The summed E-state index contributed by atoms with van der Waals surface area (Å²) < 4.78 is 54.9. The maximum atomic E-state index is 13.8. The Balaban J connectivity index is 2.49. The number of hydrogen-bond donors (Lipinski definition) is 2. The van der Waals surface area contributed by atoms with Gasteiger partial charge >= 0.3 is 6.18 Å². The molecule has 0 saturated carbocycles. The summed E-state index contributed by atoms with van der Waals surface area (Å²) in [6.07, 6.45) is 1.39. The summed E-state index contributed by atoms with van der Waals surface area (Å²) in [5, 5.41) is 2.59. The zero-order chi connectivity index (χ0) is 16.1. The number of H-pyrrole nitrogens is 1. The first kappa shape index (κ1) is 14.2. The van der Waals surface area contributed by atoms with Crippen LogP contribution in [0.4, 0.5) is 28.9 Å². The highest BCUT2D eigenvalue weighted by atomic mass is 19.4. The fraction of sp³-hybridized carbons (Fsp3) is 0.133. The Labute approximate surface area is 122 Å². The van der Waals surface area contributed by atoms with Gasteiger partial charge in [0.1, 0.15) is 11.5 Å². The smallest absolute Gasteiger partial charge is 0.350 e. The third-order valence-corrected chi connectivity index (χ3v) is 3.65. The standard InChI is InChI=1S/C15H8F4N2O/c1-2-14(15(17,18)19)9-5-6-20-13(22)12(9)21-11-4-3-8(16)7-10(11)14/h1,3-7,21H,(H,20,22). The molecule has 22 heavy (non-hydrogen) atoms. The van der Waals surface area contributed by atoms with Gasteiger partial charge in [-0.1, -0.05) is 5.92 Å². The second-order valence-corrected chi connectivity index (χ2v) is 4.80. The minimum atomic E-state index is -4.91. The number of rotatable bonds is 0. The van der Waals surface area contributed by atoms with Gasteiger partial charge in [0.05, 0.1) is 0 Å². The molecule has 7 heteroatoms. The van der Waals surface area contributed by atoms with Gasteiger partial charge < -0.3 is 10.3 Å². The van der Waals surface area contributed by atoms with Crippen molar-refractivity contribution in [3.8, 4) is 12.3 Å². The van der Waals surface area contributed by atoms with E-state index >= 15 is 0 Å². The first-order chi connectivity index (χ1) is 10.3. The fourth-order valence-electron chi connectivity index (χ4n) is 2.67. The zero-order valence-electron chi connectivity index (χ0n) is 10.9. The summed E-state index contributed by atoms with van der Waals surface area (Å²) >= 11 is 0. The van der Waals surface area contributed by atoms with Crippen molar-refractivity contribution >= 4 is 11.4 Å². The first-order valence-electron chi connectivity index (χ1n) is 6.15. The molecular weight excluding hydrogens is 300 g/mol. The topological polar surface area (TPSA) is 44.9 Å². The van der Waals surface area contributed by atoms with E-state index in [9.17, 15) is 22.4 Å². The molecule has 0 spiro atoms. The van der Waals surface area contributed by atoms with E-state index in [-0.39, 0.29) is 11.4 Å².